The van der Waals surface area contributed by atoms with E-state index in [9.17, 15) is 0 Å². The van der Waals surface area contributed by atoms with Crippen molar-refractivity contribution >= 4 is 11.6 Å². The molecule has 0 aromatic carbocycles. The van der Waals surface area contributed by atoms with Crippen LogP contribution in [-0.2, 0) is 0 Å². The molecule has 0 aliphatic heterocycles. The molecule has 1 fully saturated rings. The molecule has 0 radical (unpaired) electrons. The van der Waals surface area contributed by atoms with Crippen LogP contribution in [0, 0.1) is 12.3 Å². The lowest BCUT2D eigenvalue weighted by Gasteiger charge is -2.14. The molecule has 0 bridgehead atoms. The van der Waals surface area contributed by atoms with Gasteiger partial charge in [0.2, 0.25) is 0 Å². The number of nitrogen functional groups attached to an aromatic ring is 1. The van der Waals surface area contributed by atoms with Crippen LogP contribution in [0.25, 0.3) is 0 Å². The fourth-order valence-corrected chi connectivity index (χ4v) is 1.79. The van der Waals surface area contributed by atoms with E-state index in [4.69, 9.17) is 5.73 Å². The van der Waals surface area contributed by atoms with Crippen LogP contribution in [0.4, 0.5) is 11.6 Å². The molecule has 0 atom stereocenters. The van der Waals surface area contributed by atoms with E-state index in [1.807, 2.05) is 6.92 Å². The number of rotatable bonds is 4. The van der Waals surface area contributed by atoms with E-state index in [0.29, 0.717) is 11.2 Å². The molecular formula is C11H18N4. The van der Waals surface area contributed by atoms with Crippen molar-refractivity contribution in [2.24, 2.45) is 5.41 Å². The molecule has 4 nitrogen and oxygen atoms in total. The molecular weight excluding hydrogens is 188 g/mol. The van der Waals surface area contributed by atoms with Gasteiger partial charge in [0.15, 0.2) is 0 Å². The monoisotopic (exact) mass is 206 g/mol. The molecule has 1 aromatic rings. The first kappa shape index (κ1) is 10.2. The van der Waals surface area contributed by atoms with Crippen LogP contribution in [0.2, 0.25) is 0 Å². The maximum Gasteiger partial charge on any atom is 0.131 e. The van der Waals surface area contributed by atoms with Crippen molar-refractivity contribution in [1.29, 1.82) is 0 Å². The van der Waals surface area contributed by atoms with Gasteiger partial charge < -0.3 is 11.1 Å². The third kappa shape index (κ3) is 2.37. The molecule has 1 aromatic heterocycles. The zero-order chi connectivity index (χ0) is 10.9. The molecule has 3 N–H and O–H groups in total. The highest BCUT2D eigenvalue weighted by molar-refractivity contribution is 5.44. The summed E-state index contributed by atoms with van der Waals surface area (Å²) in [5.74, 6) is 2.10. The van der Waals surface area contributed by atoms with E-state index >= 15 is 0 Å². The van der Waals surface area contributed by atoms with Gasteiger partial charge in [-0.1, -0.05) is 6.92 Å². The minimum atomic E-state index is 0.521. The van der Waals surface area contributed by atoms with Crippen LogP contribution >= 0.6 is 0 Å². The summed E-state index contributed by atoms with van der Waals surface area (Å²) in [6.45, 7) is 5.10. The van der Waals surface area contributed by atoms with Crippen molar-refractivity contribution in [3.05, 3.63) is 11.9 Å². The summed E-state index contributed by atoms with van der Waals surface area (Å²) in [5.41, 5.74) is 6.18. The summed E-state index contributed by atoms with van der Waals surface area (Å²) in [6.07, 6.45) is 3.89. The first-order valence-corrected chi connectivity index (χ1v) is 5.49. The summed E-state index contributed by atoms with van der Waals surface area (Å²) in [5, 5.41) is 3.35. The Morgan fingerprint density at radius 1 is 1.47 bits per heavy atom. The first-order valence-electron chi connectivity index (χ1n) is 5.49. The predicted molar refractivity (Wildman–Crippen MR) is 61.6 cm³/mol. The Bertz CT molecular complexity index is 337. The van der Waals surface area contributed by atoms with Gasteiger partial charge in [-0.2, -0.15) is 0 Å². The van der Waals surface area contributed by atoms with Gasteiger partial charge in [-0.05, 0) is 31.6 Å². The summed E-state index contributed by atoms with van der Waals surface area (Å²) >= 11 is 0. The van der Waals surface area contributed by atoms with Gasteiger partial charge in [-0.3, -0.25) is 0 Å². The van der Waals surface area contributed by atoms with Crippen molar-refractivity contribution in [3.8, 4) is 0 Å². The van der Waals surface area contributed by atoms with E-state index in [1.165, 1.54) is 19.3 Å². The molecule has 1 saturated carbocycles. The topological polar surface area (TPSA) is 63.8 Å². The number of aromatic nitrogens is 2. The van der Waals surface area contributed by atoms with Gasteiger partial charge in [0.05, 0.1) is 0 Å². The van der Waals surface area contributed by atoms with Gasteiger partial charge >= 0.3 is 0 Å². The molecule has 0 spiro atoms. The summed E-state index contributed by atoms with van der Waals surface area (Å²) in [6, 6.07) is 1.79. The predicted octanol–water partition coefficient (Wildman–Crippen LogP) is 1.97. The Balaban J connectivity index is 1.99. The number of nitrogens with one attached hydrogen (secondary N) is 1. The molecule has 0 amide bonds. The van der Waals surface area contributed by atoms with Gasteiger partial charge in [0.1, 0.15) is 17.5 Å². The van der Waals surface area contributed by atoms with Gasteiger partial charge in [-0.25, -0.2) is 9.97 Å². The Morgan fingerprint density at radius 2 is 2.20 bits per heavy atom. The lowest BCUT2D eigenvalue weighted by atomic mass is 10.0. The summed E-state index contributed by atoms with van der Waals surface area (Å²) < 4.78 is 0. The molecule has 1 aliphatic carbocycles. The SMILES string of the molecule is CCC1(CNc2cc(N)nc(C)n2)CC1. The average molecular weight is 206 g/mol. The van der Waals surface area contributed by atoms with E-state index in [-0.39, 0.29) is 0 Å². The number of aryl methyl sites for hydroxylation is 1. The number of nitrogens with two attached hydrogens (primary N) is 1. The number of nitrogens with zero attached hydrogens (tertiary/aromatic N) is 2. The van der Waals surface area contributed by atoms with Crippen molar-refractivity contribution in [2.75, 3.05) is 17.6 Å². The second-order valence-electron chi connectivity index (χ2n) is 4.43. The van der Waals surface area contributed by atoms with Gasteiger partial charge in [0.25, 0.3) is 0 Å². The molecule has 4 heteroatoms. The van der Waals surface area contributed by atoms with E-state index in [2.05, 4.69) is 22.2 Å². The van der Waals surface area contributed by atoms with Crippen LogP contribution in [0.15, 0.2) is 6.07 Å². The maximum absolute atomic E-state index is 5.66. The second-order valence-corrected chi connectivity index (χ2v) is 4.43. The smallest absolute Gasteiger partial charge is 0.131 e. The van der Waals surface area contributed by atoms with Crippen molar-refractivity contribution < 1.29 is 0 Å². The van der Waals surface area contributed by atoms with Gasteiger partial charge in [0, 0.05) is 12.6 Å². The summed E-state index contributed by atoms with van der Waals surface area (Å²) in [4.78, 5) is 8.34. The van der Waals surface area contributed by atoms with Crippen molar-refractivity contribution in [3.63, 3.8) is 0 Å². The second kappa shape index (κ2) is 3.68. The fraction of sp³-hybridized carbons (Fsp3) is 0.636. The van der Waals surface area contributed by atoms with E-state index in [0.717, 1.165) is 18.2 Å². The molecule has 15 heavy (non-hydrogen) atoms. The molecule has 0 unspecified atom stereocenters. The van der Waals surface area contributed by atoms with Gasteiger partial charge in [-0.15, -0.1) is 0 Å². The van der Waals surface area contributed by atoms with Crippen molar-refractivity contribution in [2.45, 2.75) is 33.1 Å². The summed E-state index contributed by atoms with van der Waals surface area (Å²) in [7, 11) is 0. The quantitative estimate of drug-likeness (QED) is 0.790. The van der Waals surface area contributed by atoms with Crippen LogP contribution in [0.3, 0.4) is 0 Å². The maximum atomic E-state index is 5.66. The third-order valence-corrected chi connectivity index (χ3v) is 3.21. The highest BCUT2D eigenvalue weighted by Crippen LogP contribution is 2.48. The minimum absolute atomic E-state index is 0.521. The molecule has 0 saturated heterocycles. The van der Waals surface area contributed by atoms with Crippen LogP contribution in [0.5, 0.6) is 0 Å². The fourth-order valence-electron chi connectivity index (χ4n) is 1.79. The Kier molecular flexibility index (Phi) is 2.50. The molecule has 1 aliphatic rings. The van der Waals surface area contributed by atoms with Crippen LogP contribution in [0.1, 0.15) is 32.0 Å². The largest absolute Gasteiger partial charge is 0.384 e. The zero-order valence-corrected chi connectivity index (χ0v) is 9.38. The van der Waals surface area contributed by atoms with Crippen LogP contribution < -0.4 is 11.1 Å². The zero-order valence-electron chi connectivity index (χ0n) is 9.38. The Labute approximate surface area is 90.3 Å². The Morgan fingerprint density at radius 3 is 2.73 bits per heavy atom. The highest BCUT2D eigenvalue weighted by atomic mass is 15.1. The first-order chi connectivity index (χ1) is 7.13. The molecule has 1 heterocycles. The van der Waals surface area contributed by atoms with Crippen molar-refractivity contribution in [1.82, 2.24) is 9.97 Å². The lowest BCUT2D eigenvalue weighted by Crippen LogP contribution is -2.15. The number of anilines is 2. The van der Waals surface area contributed by atoms with E-state index in [1.54, 1.807) is 6.07 Å². The Hall–Kier alpha value is -1.32. The van der Waals surface area contributed by atoms with Crippen LogP contribution in [-0.4, -0.2) is 16.5 Å². The highest BCUT2D eigenvalue weighted by Gasteiger charge is 2.40. The minimum Gasteiger partial charge on any atom is -0.384 e. The lowest BCUT2D eigenvalue weighted by molar-refractivity contribution is 0.520. The molecule has 2 rings (SSSR count). The standard InChI is InChI=1S/C11H18N4/c1-3-11(4-5-11)7-13-10-6-9(12)14-8(2)15-10/h6H,3-5,7H2,1-2H3,(H3,12,13,14,15). The average Bonchev–Trinajstić information content (AvgIpc) is 2.94. The normalized spacial score (nSPS) is 17.5. The third-order valence-electron chi connectivity index (χ3n) is 3.21. The molecule has 82 valence electrons. The number of hydrogen-bond donors (Lipinski definition) is 2. The van der Waals surface area contributed by atoms with E-state index < -0.39 is 0 Å². The number of hydrogen-bond acceptors (Lipinski definition) is 4.